The molecule has 166 valence electrons. The maximum Gasteiger partial charge on any atom is 0.460 e. The quantitative estimate of drug-likeness (QED) is 0.182. The summed E-state index contributed by atoms with van der Waals surface area (Å²) in [4.78, 5) is 0. The van der Waals surface area contributed by atoms with E-state index in [-0.39, 0.29) is 24.0 Å². The molecule has 13 heteroatoms. The van der Waals surface area contributed by atoms with Gasteiger partial charge in [0.1, 0.15) is 6.54 Å². The SMILES string of the molecule is CCCCCCCn1c[n+](CCC(F)(F)C(F)(F)C(F)(F)C(F)(F)F)cn1.[I-]. The van der Waals surface area contributed by atoms with Crippen LogP contribution in [0.15, 0.2) is 12.7 Å². The Balaban J connectivity index is 0.00000729. The highest BCUT2D eigenvalue weighted by Gasteiger charge is 2.81. The predicted molar refractivity (Wildman–Crippen MR) is 76.7 cm³/mol. The summed E-state index contributed by atoms with van der Waals surface area (Å²) in [5.74, 6) is -19.0. The van der Waals surface area contributed by atoms with E-state index in [0.717, 1.165) is 43.0 Å². The fraction of sp³-hybridized carbons (Fsp3) is 0.867. The number of hydrogen-bond acceptors (Lipinski definition) is 1. The summed E-state index contributed by atoms with van der Waals surface area (Å²) >= 11 is 0. The van der Waals surface area contributed by atoms with Crippen LogP contribution in [0.25, 0.3) is 0 Å². The van der Waals surface area contributed by atoms with Gasteiger partial charge in [0, 0.05) is 11.5 Å². The smallest absolute Gasteiger partial charge is 0.460 e. The Bertz CT molecular complexity index is 588. The van der Waals surface area contributed by atoms with E-state index in [4.69, 9.17) is 0 Å². The van der Waals surface area contributed by atoms with Crippen molar-refractivity contribution < 1.29 is 68.1 Å². The molecule has 1 heterocycles. The van der Waals surface area contributed by atoms with Crippen molar-refractivity contribution in [1.82, 2.24) is 9.78 Å². The van der Waals surface area contributed by atoms with Gasteiger partial charge in [0.25, 0.3) is 6.33 Å². The van der Waals surface area contributed by atoms with Crippen LogP contribution in [0.5, 0.6) is 0 Å². The van der Waals surface area contributed by atoms with Gasteiger partial charge in [-0.2, -0.15) is 39.5 Å². The number of hydrogen-bond donors (Lipinski definition) is 0. The molecule has 0 fully saturated rings. The third kappa shape index (κ3) is 6.37. The highest BCUT2D eigenvalue weighted by molar-refractivity contribution is 4.99. The van der Waals surface area contributed by atoms with Crippen molar-refractivity contribution in [1.29, 1.82) is 0 Å². The lowest BCUT2D eigenvalue weighted by molar-refractivity contribution is -0.701. The number of halogens is 10. The number of nitrogens with zero attached hydrogens (tertiary/aromatic N) is 3. The number of aromatic nitrogens is 3. The van der Waals surface area contributed by atoms with Crippen molar-refractivity contribution in [2.24, 2.45) is 0 Å². The molecule has 0 amide bonds. The van der Waals surface area contributed by atoms with Crippen molar-refractivity contribution >= 4 is 0 Å². The number of rotatable bonds is 11. The predicted octanol–water partition coefficient (Wildman–Crippen LogP) is 2.00. The standard InChI is InChI=1S/C15H21F9N3.HI/c1-2-3-4-5-6-8-27-11-26(10-25-27)9-7-12(16,17)13(18,19)14(20,21)15(22,23)24;/h10-11H,2-9H2,1H3;1H/q+1;/p-1. The molecule has 0 aromatic carbocycles. The maximum absolute atomic E-state index is 13.5. The van der Waals surface area contributed by atoms with E-state index in [9.17, 15) is 39.5 Å². The third-order valence-electron chi connectivity index (χ3n) is 4.01. The van der Waals surface area contributed by atoms with Gasteiger partial charge in [0.15, 0.2) is 0 Å². The zero-order chi connectivity index (χ0) is 20.9. The first-order valence-electron chi connectivity index (χ1n) is 8.38. The van der Waals surface area contributed by atoms with Gasteiger partial charge in [-0.05, 0) is 6.42 Å². The Morgan fingerprint density at radius 3 is 1.96 bits per heavy atom. The summed E-state index contributed by atoms with van der Waals surface area (Å²) in [7, 11) is 0. The van der Waals surface area contributed by atoms with Crippen LogP contribution in [0.4, 0.5) is 39.5 Å². The summed E-state index contributed by atoms with van der Waals surface area (Å²) < 4.78 is 117. The Labute approximate surface area is 173 Å². The second kappa shape index (κ2) is 10.3. The van der Waals surface area contributed by atoms with Gasteiger partial charge in [-0.3, -0.25) is 0 Å². The molecule has 28 heavy (non-hydrogen) atoms. The molecule has 1 aromatic heterocycles. The molecule has 0 N–H and O–H groups in total. The van der Waals surface area contributed by atoms with E-state index in [1.54, 1.807) is 0 Å². The minimum atomic E-state index is -6.85. The zero-order valence-corrected chi connectivity index (χ0v) is 17.1. The fourth-order valence-corrected chi connectivity index (χ4v) is 2.31. The first-order valence-corrected chi connectivity index (χ1v) is 8.38. The van der Waals surface area contributed by atoms with Crippen LogP contribution in [0, 0.1) is 0 Å². The normalized spacial score (nSPS) is 13.5. The molecule has 0 aliphatic rings. The van der Waals surface area contributed by atoms with Crippen molar-refractivity contribution in [3.8, 4) is 0 Å². The van der Waals surface area contributed by atoms with Crippen molar-refractivity contribution in [2.75, 3.05) is 0 Å². The van der Waals surface area contributed by atoms with Gasteiger partial charge in [-0.15, -0.1) is 4.68 Å². The van der Waals surface area contributed by atoms with Crippen LogP contribution in [0.3, 0.4) is 0 Å². The Morgan fingerprint density at radius 1 is 0.857 bits per heavy atom. The average Bonchev–Trinajstić information content (AvgIpc) is 2.99. The van der Waals surface area contributed by atoms with Gasteiger partial charge >= 0.3 is 23.9 Å². The van der Waals surface area contributed by atoms with E-state index in [0.29, 0.717) is 6.54 Å². The zero-order valence-electron chi connectivity index (χ0n) is 14.9. The van der Waals surface area contributed by atoms with Crippen LogP contribution in [-0.2, 0) is 13.1 Å². The summed E-state index contributed by atoms with van der Waals surface area (Å²) in [5.41, 5.74) is 0. The van der Waals surface area contributed by atoms with Crippen LogP contribution >= 0.6 is 0 Å². The topological polar surface area (TPSA) is 21.7 Å². The largest absolute Gasteiger partial charge is 1.00 e. The molecular weight excluding hydrogens is 520 g/mol. The Morgan fingerprint density at radius 2 is 1.43 bits per heavy atom. The molecule has 0 aliphatic heterocycles. The van der Waals surface area contributed by atoms with Gasteiger partial charge in [0.05, 0.1) is 6.54 Å². The molecule has 3 nitrogen and oxygen atoms in total. The summed E-state index contributed by atoms with van der Waals surface area (Å²) in [6.07, 6.45) is -1.71. The van der Waals surface area contributed by atoms with Gasteiger partial charge in [0.2, 0.25) is 6.33 Å². The lowest BCUT2D eigenvalue weighted by atomic mass is 10.0. The second-order valence-corrected chi connectivity index (χ2v) is 6.26. The van der Waals surface area contributed by atoms with Gasteiger partial charge in [-0.25, -0.2) is 4.57 Å². The number of aryl methyl sites for hydroxylation is 2. The van der Waals surface area contributed by atoms with E-state index >= 15 is 0 Å². The van der Waals surface area contributed by atoms with Crippen molar-refractivity contribution in [2.45, 2.75) is 82.5 Å². The second-order valence-electron chi connectivity index (χ2n) is 6.26. The molecule has 0 aliphatic carbocycles. The summed E-state index contributed by atoms with van der Waals surface area (Å²) in [6.45, 7) is 1.59. The first-order chi connectivity index (χ1) is 12.3. The lowest BCUT2D eigenvalue weighted by Gasteiger charge is -2.33. The molecule has 0 unspecified atom stereocenters. The number of alkyl halides is 9. The molecular formula is C15H21F9IN3. The van der Waals surface area contributed by atoms with Crippen LogP contribution < -0.4 is 28.5 Å². The Hall–Kier alpha value is -0.760. The maximum atomic E-state index is 13.5. The third-order valence-corrected chi connectivity index (χ3v) is 4.01. The molecule has 0 spiro atoms. The number of unbranched alkanes of at least 4 members (excludes halogenated alkanes) is 4. The van der Waals surface area contributed by atoms with Crippen molar-refractivity contribution in [3.05, 3.63) is 12.7 Å². The molecule has 0 bridgehead atoms. The van der Waals surface area contributed by atoms with Gasteiger partial charge < -0.3 is 24.0 Å². The molecule has 0 radical (unpaired) electrons. The van der Waals surface area contributed by atoms with E-state index in [1.807, 2.05) is 6.92 Å². The minimum Gasteiger partial charge on any atom is -1.00 e. The molecule has 0 saturated carbocycles. The monoisotopic (exact) mass is 541 g/mol. The first kappa shape index (κ1) is 27.2. The summed E-state index contributed by atoms with van der Waals surface area (Å²) in [5, 5.41) is 3.80. The highest BCUT2D eigenvalue weighted by atomic mass is 127. The summed E-state index contributed by atoms with van der Waals surface area (Å²) in [6, 6.07) is 0. The molecule has 1 aromatic rings. The molecule has 1 rings (SSSR count). The highest BCUT2D eigenvalue weighted by Crippen LogP contribution is 2.53. The van der Waals surface area contributed by atoms with E-state index in [1.165, 1.54) is 11.0 Å². The van der Waals surface area contributed by atoms with Crippen LogP contribution in [0.1, 0.15) is 45.4 Å². The van der Waals surface area contributed by atoms with Crippen LogP contribution in [0.2, 0.25) is 0 Å². The van der Waals surface area contributed by atoms with Crippen molar-refractivity contribution in [3.63, 3.8) is 0 Å². The van der Waals surface area contributed by atoms with E-state index in [2.05, 4.69) is 5.10 Å². The molecule has 0 atom stereocenters. The average molecular weight is 541 g/mol. The van der Waals surface area contributed by atoms with Crippen LogP contribution in [-0.4, -0.2) is 33.7 Å². The molecule has 0 saturated heterocycles. The Kier molecular flexibility index (Phi) is 10.0. The van der Waals surface area contributed by atoms with E-state index < -0.39 is 36.9 Å². The fourth-order valence-electron chi connectivity index (χ4n) is 2.31. The minimum absolute atomic E-state index is 0. The van der Waals surface area contributed by atoms with Gasteiger partial charge in [-0.1, -0.05) is 32.6 Å². The lowest BCUT2D eigenvalue weighted by Crippen LogP contribution is -3.00.